The Morgan fingerprint density at radius 3 is 2.52 bits per heavy atom. The van der Waals surface area contributed by atoms with E-state index in [1.807, 2.05) is 0 Å². The minimum absolute atomic E-state index is 0. The standard InChI is InChI=1S/C13H22N4O2S.ClH/c1-13(2,3)11-16-17-12(20-11)15-10(18)9(14)8-4-6-19-7-5-8;/h8-9H,4-7,14H2,1-3H3,(H,15,17,18);1H. The third kappa shape index (κ3) is 4.88. The number of nitrogens with zero attached hydrogens (tertiary/aromatic N) is 2. The zero-order chi connectivity index (χ0) is 14.8. The fourth-order valence-electron chi connectivity index (χ4n) is 2.05. The molecule has 0 aromatic carbocycles. The number of rotatable bonds is 3. The van der Waals surface area contributed by atoms with Crippen LogP contribution in [0.3, 0.4) is 0 Å². The molecule has 1 atom stereocenters. The molecule has 1 amide bonds. The fourth-order valence-corrected chi connectivity index (χ4v) is 2.86. The number of hydrogen-bond acceptors (Lipinski definition) is 6. The predicted molar refractivity (Wildman–Crippen MR) is 86.0 cm³/mol. The van der Waals surface area contributed by atoms with Gasteiger partial charge in [-0.3, -0.25) is 10.1 Å². The summed E-state index contributed by atoms with van der Waals surface area (Å²) in [5.41, 5.74) is 5.96. The smallest absolute Gasteiger partial charge is 0.243 e. The molecular weight excluding hydrogens is 312 g/mol. The van der Waals surface area contributed by atoms with Gasteiger partial charge in [0.15, 0.2) is 0 Å². The van der Waals surface area contributed by atoms with Crippen LogP contribution in [0.4, 0.5) is 5.13 Å². The third-order valence-electron chi connectivity index (χ3n) is 3.37. The second-order valence-electron chi connectivity index (χ2n) is 6.13. The Morgan fingerprint density at radius 2 is 2.00 bits per heavy atom. The van der Waals surface area contributed by atoms with Crippen LogP contribution in [0.1, 0.15) is 38.6 Å². The van der Waals surface area contributed by atoms with Gasteiger partial charge in [-0.1, -0.05) is 32.1 Å². The molecule has 2 heterocycles. The van der Waals surface area contributed by atoms with Crippen molar-refractivity contribution in [2.24, 2.45) is 11.7 Å². The minimum atomic E-state index is -0.513. The normalized spacial score (nSPS) is 17.9. The van der Waals surface area contributed by atoms with E-state index in [2.05, 4.69) is 36.3 Å². The third-order valence-corrected chi connectivity index (χ3v) is 4.64. The zero-order valence-corrected chi connectivity index (χ0v) is 14.2. The van der Waals surface area contributed by atoms with Gasteiger partial charge in [0.25, 0.3) is 0 Å². The predicted octanol–water partition coefficient (Wildman–Crippen LogP) is 1.95. The van der Waals surface area contributed by atoms with Crippen LogP contribution >= 0.6 is 23.7 Å². The Kier molecular flexibility index (Phi) is 6.52. The number of ether oxygens (including phenoxy) is 1. The van der Waals surface area contributed by atoms with Crippen LogP contribution in [0.2, 0.25) is 0 Å². The number of amides is 1. The van der Waals surface area contributed by atoms with E-state index >= 15 is 0 Å². The Morgan fingerprint density at radius 1 is 1.38 bits per heavy atom. The lowest BCUT2D eigenvalue weighted by atomic mass is 9.92. The molecule has 0 bridgehead atoms. The van der Waals surface area contributed by atoms with Crippen molar-refractivity contribution in [3.8, 4) is 0 Å². The SMILES string of the molecule is CC(C)(C)c1nnc(NC(=O)C(N)C2CCOCC2)s1.Cl. The number of nitrogens with two attached hydrogens (primary N) is 1. The van der Waals surface area contributed by atoms with Crippen molar-refractivity contribution < 1.29 is 9.53 Å². The second kappa shape index (κ2) is 7.49. The number of nitrogens with one attached hydrogen (secondary N) is 1. The number of aromatic nitrogens is 2. The van der Waals surface area contributed by atoms with E-state index in [0.717, 1.165) is 17.8 Å². The lowest BCUT2D eigenvalue weighted by Gasteiger charge is -2.26. The van der Waals surface area contributed by atoms with Crippen molar-refractivity contribution in [1.82, 2.24) is 10.2 Å². The average molecular weight is 335 g/mol. The summed E-state index contributed by atoms with van der Waals surface area (Å²) in [5, 5.41) is 12.3. The van der Waals surface area contributed by atoms with Crippen molar-refractivity contribution in [3.05, 3.63) is 5.01 Å². The van der Waals surface area contributed by atoms with Crippen LogP contribution in [-0.2, 0) is 14.9 Å². The molecule has 3 N–H and O–H groups in total. The summed E-state index contributed by atoms with van der Waals surface area (Å²) >= 11 is 1.40. The molecule has 0 spiro atoms. The molecule has 1 fully saturated rings. The number of carbonyl (C=O) groups is 1. The largest absolute Gasteiger partial charge is 0.381 e. The Bertz CT molecular complexity index is 469. The minimum Gasteiger partial charge on any atom is -0.381 e. The quantitative estimate of drug-likeness (QED) is 0.881. The monoisotopic (exact) mass is 334 g/mol. The van der Waals surface area contributed by atoms with Gasteiger partial charge in [0.1, 0.15) is 5.01 Å². The van der Waals surface area contributed by atoms with Crippen LogP contribution in [0.5, 0.6) is 0 Å². The first-order chi connectivity index (χ1) is 9.38. The van der Waals surface area contributed by atoms with Gasteiger partial charge in [0.2, 0.25) is 11.0 Å². The lowest BCUT2D eigenvalue weighted by molar-refractivity contribution is -0.119. The van der Waals surface area contributed by atoms with E-state index in [1.165, 1.54) is 11.3 Å². The molecule has 1 unspecified atom stereocenters. The van der Waals surface area contributed by atoms with Gasteiger partial charge >= 0.3 is 0 Å². The van der Waals surface area contributed by atoms with Gasteiger partial charge < -0.3 is 10.5 Å². The van der Waals surface area contributed by atoms with Crippen LogP contribution in [0.15, 0.2) is 0 Å². The highest BCUT2D eigenvalue weighted by atomic mass is 35.5. The van der Waals surface area contributed by atoms with Gasteiger partial charge in [-0.25, -0.2) is 0 Å². The van der Waals surface area contributed by atoms with Crippen LogP contribution in [0, 0.1) is 5.92 Å². The van der Waals surface area contributed by atoms with Gasteiger partial charge in [0.05, 0.1) is 6.04 Å². The summed E-state index contributed by atoms with van der Waals surface area (Å²) in [7, 11) is 0. The van der Waals surface area contributed by atoms with Crippen LogP contribution in [-0.4, -0.2) is 35.4 Å². The highest BCUT2D eigenvalue weighted by molar-refractivity contribution is 7.15. The summed E-state index contributed by atoms with van der Waals surface area (Å²) in [5.74, 6) is -0.00716. The van der Waals surface area contributed by atoms with Crippen molar-refractivity contribution in [2.75, 3.05) is 18.5 Å². The molecule has 0 aliphatic carbocycles. The van der Waals surface area contributed by atoms with Gasteiger partial charge in [-0.15, -0.1) is 22.6 Å². The van der Waals surface area contributed by atoms with Gasteiger partial charge in [0, 0.05) is 18.6 Å². The molecule has 0 saturated carbocycles. The number of hydrogen-bond donors (Lipinski definition) is 2. The Balaban J connectivity index is 0.00000220. The first-order valence-corrected chi connectivity index (χ1v) is 7.68. The van der Waals surface area contributed by atoms with E-state index in [1.54, 1.807) is 0 Å². The molecular formula is C13H23ClN4O2S. The molecule has 1 aromatic heterocycles. The summed E-state index contributed by atoms with van der Waals surface area (Å²) in [6.45, 7) is 7.55. The summed E-state index contributed by atoms with van der Waals surface area (Å²) in [6, 6.07) is -0.513. The lowest BCUT2D eigenvalue weighted by Crippen LogP contribution is -2.43. The first kappa shape index (κ1) is 18.3. The molecule has 0 radical (unpaired) electrons. The number of carbonyl (C=O) groups excluding carboxylic acids is 1. The topological polar surface area (TPSA) is 90.1 Å². The molecule has 6 nitrogen and oxygen atoms in total. The van der Waals surface area contributed by atoms with Crippen LogP contribution in [0.25, 0.3) is 0 Å². The van der Waals surface area contributed by atoms with E-state index in [4.69, 9.17) is 10.5 Å². The van der Waals surface area contributed by atoms with Crippen molar-refractivity contribution in [2.45, 2.75) is 45.1 Å². The van der Waals surface area contributed by atoms with Crippen LogP contribution < -0.4 is 11.1 Å². The maximum absolute atomic E-state index is 12.1. The zero-order valence-electron chi connectivity index (χ0n) is 12.6. The Hall–Kier alpha value is -0.760. The maximum atomic E-state index is 12.1. The summed E-state index contributed by atoms with van der Waals surface area (Å²) in [4.78, 5) is 12.1. The average Bonchev–Trinajstić information content (AvgIpc) is 2.87. The second-order valence-corrected chi connectivity index (χ2v) is 7.10. The Labute approximate surface area is 135 Å². The van der Waals surface area contributed by atoms with Gasteiger partial charge in [-0.05, 0) is 18.8 Å². The molecule has 120 valence electrons. The molecule has 1 aliphatic heterocycles. The van der Waals surface area contributed by atoms with Crippen molar-refractivity contribution >= 4 is 34.8 Å². The molecule has 1 aromatic rings. The summed E-state index contributed by atoms with van der Waals surface area (Å²) in [6.07, 6.45) is 1.66. The van der Waals surface area contributed by atoms with E-state index in [0.29, 0.717) is 18.3 Å². The molecule has 21 heavy (non-hydrogen) atoms. The molecule has 1 saturated heterocycles. The molecule has 1 aliphatic rings. The highest BCUT2D eigenvalue weighted by Crippen LogP contribution is 2.28. The maximum Gasteiger partial charge on any atom is 0.243 e. The molecule has 8 heteroatoms. The summed E-state index contributed by atoms with van der Waals surface area (Å²) < 4.78 is 5.28. The molecule has 2 rings (SSSR count). The van der Waals surface area contributed by atoms with Gasteiger partial charge in [-0.2, -0.15) is 0 Å². The number of halogens is 1. The van der Waals surface area contributed by atoms with Crippen molar-refractivity contribution in [1.29, 1.82) is 0 Å². The van der Waals surface area contributed by atoms with E-state index in [9.17, 15) is 4.79 Å². The number of anilines is 1. The van der Waals surface area contributed by atoms with E-state index < -0.39 is 6.04 Å². The fraction of sp³-hybridized carbons (Fsp3) is 0.769. The highest BCUT2D eigenvalue weighted by Gasteiger charge is 2.27. The van der Waals surface area contributed by atoms with Crippen molar-refractivity contribution in [3.63, 3.8) is 0 Å². The van der Waals surface area contributed by atoms with E-state index in [-0.39, 0.29) is 29.6 Å². The first-order valence-electron chi connectivity index (χ1n) is 6.86.